The van der Waals surface area contributed by atoms with Gasteiger partial charge < -0.3 is 4.74 Å². The van der Waals surface area contributed by atoms with Crippen molar-refractivity contribution in [1.82, 2.24) is 4.98 Å². The summed E-state index contributed by atoms with van der Waals surface area (Å²) in [6, 6.07) is 23.0. The van der Waals surface area contributed by atoms with Crippen molar-refractivity contribution in [2.24, 2.45) is 0 Å². The highest BCUT2D eigenvalue weighted by Gasteiger charge is 2.49. The maximum Gasteiger partial charge on any atom is 0.341 e. The SMILES string of the molecule is O=C1OC(c2ccccc2)(c2ccccc2)c2ncccc21. The van der Waals surface area contributed by atoms with Crippen LogP contribution in [0, 0.1) is 0 Å². The minimum atomic E-state index is -0.976. The molecule has 1 aromatic heterocycles. The second kappa shape index (κ2) is 4.81. The van der Waals surface area contributed by atoms with Crippen molar-refractivity contribution in [3.63, 3.8) is 0 Å². The van der Waals surface area contributed by atoms with Gasteiger partial charge in [-0.2, -0.15) is 0 Å². The molecule has 4 rings (SSSR count). The molecule has 1 aliphatic heterocycles. The molecule has 0 fully saturated rings. The summed E-state index contributed by atoms with van der Waals surface area (Å²) in [5, 5.41) is 0. The van der Waals surface area contributed by atoms with Gasteiger partial charge in [0.15, 0.2) is 0 Å². The number of cyclic esters (lactones) is 1. The molecule has 0 amide bonds. The largest absolute Gasteiger partial charge is 0.439 e. The Morgan fingerprint density at radius 1 is 0.773 bits per heavy atom. The lowest BCUT2D eigenvalue weighted by molar-refractivity contribution is 0.0243. The maximum absolute atomic E-state index is 12.4. The number of carbonyl (C=O) groups excluding carboxylic acids is 1. The van der Waals surface area contributed by atoms with Crippen molar-refractivity contribution in [2.75, 3.05) is 0 Å². The van der Waals surface area contributed by atoms with Gasteiger partial charge in [-0.05, 0) is 12.1 Å². The molecule has 0 radical (unpaired) electrons. The van der Waals surface area contributed by atoms with Crippen LogP contribution in [0.1, 0.15) is 27.2 Å². The Kier molecular flexibility index (Phi) is 2.79. The second-order valence-electron chi connectivity index (χ2n) is 5.20. The lowest BCUT2D eigenvalue weighted by atomic mass is 9.83. The van der Waals surface area contributed by atoms with E-state index in [1.165, 1.54) is 0 Å². The van der Waals surface area contributed by atoms with Crippen molar-refractivity contribution in [2.45, 2.75) is 5.60 Å². The Balaban J connectivity index is 2.06. The van der Waals surface area contributed by atoms with Crippen molar-refractivity contribution >= 4 is 5.97 Å². The van der Waals surface area contributed by atoms with Crippen LogP contribution in [-0.2, 0) is 10.3 Å². The molecule has 2 aromatic carbocycles. The fourth-order valence-corrected chi connectivity index (χ4v) is 3.00. The zero-order valence-electron chi connectivity index (χ0n) is 11.8. The van der Waals surface area contributed by atoms with Crippen LogP contribution in [0.2, 0.25) is 0 Å². The van der Waals surface area contributed by atoms with Gasteiger partial charge in [-0.3, -0.25) is 4.98 Å². The molecule has 0 N–H and O–H groups in total. The summed E-state index contributed by atoms with van der Waals surface area (Å²) in [7, 11) is 0. The van der Waals surface area contributed by atoms with E-state index < -0.39 is 5.60 Å². The van der Waals surface area contributed by atoms with Gasteiger partial charge in [-0.1, -0.05) is 60.7 Å². The number of rotatable bonds is 2. The molecule has 22 heavy (non-hydrogen) atoms. The summed E-state index contributed by atoms with van der Waals surface area (Å²) in [6.45, 7) is 0. The molecule has 2 heterocycles. The van der Waals surface area contributed by atoms with Crippen LogP contribution in [0.3, 0.4) is 0 Å². The monoisotopic (exact) mass is 287 g/mol. The quantitative estimate of drug-likeness (QED) is 0.677. The van der Waals surface area contributed by atoms with Gasteiger partial charge in [0.25, 0.3) is 0 Å². The summed E-state index contributed by atoms with van der Waals surface area (Å²) < 4.78 is 5.89. The van der Waals surface area contributed by atoms with Crippen LogP contribution in [0.25, 0.3) is 0 Å². The molecule has 0 unspecified atom stereocenters. The number of pyridine rings is 1. The number of ether oxygens (including phenoxy) is 1. The Morgan fingerprint density at radius 3 is 1.95 bits per heavy atom. The van der Waals surface area contributed by atoms with Crippen LogP contribution >= 0.6 is 0 Å². The van der Waals surface area contributed by atoms with Gasteiger partial charge in [0, 0.05) is 17.3 Å². The summed E-state index contributed by atoms with van der Waals surface area (Å²) in [6.07, 6.45) is 1.70. The predicted octanol–water partition coefficient (Wildman–Crippen LogP) is 3.54. The number of benzene rings is 2. The standard InChI is InChI=1S/C19H13NO2/c21-18-16-12-7-13-20-17(16)19(22-18,14-8-3-1-4-9-14)15-10-5-2-6-11-15/h1-13H. The molecule has 3 aromatic rings. The molecular weight excluding hydrogens is 274 g/mol. The van der Waals surface area contributed by atoms with Crippen molar-refractivity contribution < 1.29 is 9.53 Å². The first-order chi connectivity index (χ1) is 10.8. The number of fused-ring (bicyclic) bond motifs is 1. The molecule has 0 bridgehead atoms. The third kappa shape index (κ3) is 1.69. The van der Waals surface area contributed by atoms with E-state index in [4.69, 9.17) is 4.74 Å². The molecular formula is C19H13NO2. The van der Waals surface area contributed by atoms with Gasteiger partial charge in [-0.25, -0.2) is 4.79 Å². The fraction of sp³-hybridized carbons (Fsp3) is 0.0526. The van der Waals surface area contributed by atoms with E-state index in [9.17, 15) is 4.79 Å². The molecule has 106 valence electrons. The molecule has 3 heteroatoms. The van der Waals surface area contributed by atoms with Crippen LogP contribution < -0.4 is 0 Å². The molecule has 0 atom stereocenters. The highest BCUT2D eigenvalue weighted by atomic mass is 16.6. The first kappa shape index (κ1) is 12.8. The zero-order chi connectivity index (χ0) is 15.0. The van der Waals surface area contributed by atoms with Gasteiger partial charge in [-0.15, -0.1) is 0 Å². The van der Waals surface area contributed by atoms with E-state index >= 15 is 0 Å². The highest BCUT2D eigenvalue weighted by molar-refractivity contribution is 5.95. The van der Waals surface area contributed by atoms with Gasteiger partial charge >= 0.3 is 5.97 Å². The first-order valence-electron chi connectivity index (χ1n) is 7.12. The van der Waals surface area contributed by atoms with Crippen molar-refractivity contribution in [1.29, 1.82) is 0 Å². The van der Waals surface area contributed by atoms with E-state index in [1.54, 1.807) is 18.3 Å². The Morgan fingerprint density at radius 2 is 1.36 bits per heavy atom. The molecule has 1 aliphatic rings. The normalized spacial score (nSPS) is 15.2. The molecule has 3 nitrogen and oxygen atoms in total. The summed E-state index contributed by atoms with van der Waals surface area (Å²) in [5.74, 6) is -0.337. The number of hydrogen-bond donors (Lipinski definition) is 0. The summed E-state index contributed by atoms with van der Waals surface area (Å²) in [4.78, 5) is 16.8. The van der Waals surface area contributed by atoms with Crippen LogP contribution in [0.15, 0.2) is 79.0 Å². The first-order valence-corrected chi connectivity index (χ1v) is 7.12. The van der Waals surface area contributed by atoms with E-state index in [2.05, 4.69) is 4.98 Å². The lowest BCUT2D eigenvalue weighted by Crippen LogP contribution is -2.30. The van der Waals surface area contributed by atoms with E-state index in [-0.39, 0.29) is 5.97 Å². The summed E-state index contributed by atoms with van der Waals surface area (Å²) in [5.41, 5.74) is 1.99. The molecule has 0 aliphatic carbocycles. The maximum atomic E-state index is 12.4. The number of carbonyl (C=O) groups is 1. The Labute approximate surface area is 128 Å². The molecule has 0 spiro atoms. The van der Waals surface area contributed by atoms with Crippen LogP contribution in [-0.4, -0.2) is 11.0 Å². The average molecular weight is 287 g/mol. The second-order valence-corrected chi connectivity index (χ2v) is 5.20. The number of esters is 1. The fourth-order valence-electron chi connectivity index (χ4n) is 3.00. The smallest absolute Gasteiger partial charge is 0.341 e. The third-order valence-corrected chi connectivity index (χ3v) is 3.97. The van der Waals surface area contributed by atoms with Gasteiger partial charge in [0.05, 0.1) is 5.56 Å². The average Bonchev–Trinajstić information content (AvgIpc) is 2.91. The van der Waals surface area contributed by atoms with Crippen molar-refractivity contribution in [3.8, 4) is 0 Å². The van der Waals surface area contributed by atoms with Gasteiger partial charge in [0.1, 0.15) is 5.69 Å². The van der Waals surface area contributed by atoms with Crippen molar-refractivity contribution in [3.05, 3.63) is 101 Å². The lowest BCUT2D eigenvalue weighted by Gasteiger charge is -2.29. The Hall–Kier alpha value is -2.94. The number of nitrogens with zero attached hydrogens (tertiary/aromatic N) is 1. The number of hydrogen-bond acceptors (Lipinski definition) is 3. The number of aromatic nitrogens is 1. The highest BCUT2D eigenvalue weighted by Crippen LogP contribution is 2.45. The minimum absolute atomic E-state index is 0.337. The minimum Gasteiger partial charge on any atom is -0.439 e. The van der Waals surface area contributed by atoms with E-state index in [1.807, 2.05) is 60.7 Å². The van der Waals surface area contributed by atoms with E-state index in [0.717, 1.165) is 11.1 Å². The third-order valence-electron chi connectivity index (χ3n) is 3.97. The topological polar surface area (TPSA) is 39.2 Å². The summed E-state index contributed by atoms with van der Waals surface area (Å²) >= 11 is 0. The molecule has 0 saturated carbocycles. The van der Waals surface area contributed by atoms with Crippen LogP contribution in [0.4, 0.5) is 0 Å². The van der Waals surface area contributed by atoms with E-state index in [0.29, 0.717) is 11.3 Å². The molecule has 0 saturated heterocycles. The zero-order valence-corrected chi connectivity index (χ0v) is 11.8. The Bertz CT molecular complexity index is 789. The van der Waals surface area contributed by atoms with Gasteiger partial charge in [0.2, 0.25) is 5.60 Å². The van der Waals surface area contributed by atoms with Crippen LogP contribution in [0.5, 0.6) is 0 Å². The predicted molar refractivity (Wildman–Crippen MR) is 82.4 cm³/mol.